The van der Waals surface area contributed by atoms with E-state index in [-0.39, 0.29) is 5.89 Å². The molecule has 1 amide bonds. The molecule has 0 aliphatic heterocycles. The van der Waals surface area contributed by atoms with Crippen molar-refractivity contribution in [3.8, 4) is 5.75 Å². The zero-order chi connectivity index (χ0) is 19.7. The van der Waals surface area contributed by atoms with Gasteiger partial charge >= 0.3 is 5.91 Å². The average molecular weight is 382 g/mol. The summed E-state index contributed by atoms with van der Waals surface area (Å²) in [5, 5.41) is 8.55. The number of amides is 1. The highest BCUT2D eigenvalue weighted by Crippen LogP contribution is 2.37. The molecule has 0 saturated heterocycles. The van der Waals surface area contributed by atoms with Crippen LogP contribution in [0.3, 0.4) is 0 Å². The number of anilines is 1. The van der Waals surface area contributed by atoms with Gasteiger partial charge in [-0.25, -0.2) is 4.98 Å². The Bertz CT molecular complexity index is 954. The summed E-state index contributed by atoms with van der Waals surface area (Å²) >= 11 is 0. The van der Waals surface area contributed by atoms with Gasteiger partial charge in [-0.2, -0.15) is 5.10 Å². The summed E-state index contributed by atoms with van der Waals surface area (Å²) in [6, 6.07) is 4.17. The van der Waals surface area contributed by atoms with Crippen molar-refractivity contribution >= 4 is 22.5 Å². The molecule has 2 aromatic heterocycles. The van der Waals surface area contributed by atoms with Gasteiger partial charge in [-0.3, -0.25) is 9.48 Å². The van der Waals surface area contributed by atoms with E-state index < -0.39 is 5.91 Å². The molecule has 0 bridgehead atoms. The van der Waals surface area contributed by atoms with Gasteiger partial charge in [0.25, 0.3) is 5.89 Å². The fraction of sp³-hybridized carbons (Fsp3) is 0.476. The van der Waals surface area contributed by atoms with Crippen LogP contribution >= 0.6 is 0 Å². The quantitative estimate of drug-likeness (QED) is 0.693. The molecule has 0 radical (unpaired) electrons. The third-order valence-electron chi connectivity index (χ3n) is 5.78. The van der Waals surface area contributed by atoms with Crippen LogP contribution in [0.1, 0.15) is 56.3 Å². The Morgan fingerprint density at radius 3 is 2.71 bits per heavy atom. The lowest BCUT2D eigenvalue weighted by atomic mass is 9.80. The maximum Gasteiger partial charge on any atom is 0.311 e. The minimum Gasteiger partial charge on any atom is -0.494 e. The molecule has 0 atom stereocenters. The van der Waals surface area contributed by atoms with Gasteiger partial charge in [0, 0.05) is 17.6 Å². The Hall–Kier alpha value is -2.83. The van der Waals surface area contributed by atoms with Gasteiger partial charge in [0.15, 0.2) is 0 Å². The van der Waals surface area contributed by atoms with Crippen LogP contribution in [0.4, 0.5) is 5.69 Å². The molecule has 1 fully saturated rings. The summed E-state index contributed by atoms with van der Waals surface area (Å²) in [5.74, 6) is 1.72. The predicted molar refractivity (Wildman–Crippen MR) is 107 cm³/mol. The monoisotopic (exact) mass is 382 g/mol. The maximum absolute atomic E-state index is 12.3. The second-order valence-corrected chi connectivity index (χ2v) is 7.82. The molecule has 7 nitrogen and oxygen atoms in total. The topological polar surface area (TPSA) is 82.2 Å². The van der Waals surface area contributed by atoms with Gasteiger partial charge < -0.3 is 14.5 Å². The molecule has 28 heavy (non-hydrogen) atoms. The van der Waals surface area contributed by atoms with Crippen LogP contribution in [0.15, 0.2) is 35.2 Å². The highest BCUT2D eigenvalue weighted by atomic mass is 16.5. The summed E-state index contributed by atoms with van der Waals surface area (Å²) in [7, 11) is 1.58. The molecule has 1 aromatic carbocycles. The number of carbonyl (C=O) groups excluding carboxylic acids is 1. The molecular weight excluding hydrogens is 356 g/mol. The number of carbonyl (C=O) groups is 1. The van der Waals surface area contributed by atoms with Crippen molar-refractivity contribution in [1.82, 2.24) is 14.8 Å². The number of methoxy groups -OCH3 is 1. The standard InChI is InChI=1S/C21H26N4O3/c1-13(2)14-4-6-16(7-5-14)25-12-15-10-18(19(27-3)11-17(15)24-25)23-20(26)21-22-8-9-28-21/h8-14,16H,4-7H2,1-3H3,(H,23,26)/t14-,16-. The molecule has 1 saturated carbocycles. The van der Waals surface area contributed by atoms with E-state index in [4.69, 9.17) is 14.3 Å². The molecule has 0 spiro atoms. The summed E-state index contributed by atoms with van der Waals surface area (Å²) < 4.78 is 12.6. The number of ether oxygens (including phenoxy) is 1. The Kier molecular flexibility index (Phi) is 5.07. The molecule has 3 aromatic rings. The SMILES string of the molecule is COc1cc2nn([C@H]3CC[C@H](C(C)C)CC3)cc2cc1NC(=O)c1ncco1. The van der Waals surface area contributed by atoms with Crippen molar-refractivity contribution in [2.45, 2.75) is 45.6 Å². The second-order valence-electron chi connectivity index (χ2n) is 7.82. The van der Waals surface area contributed by atoms with Gasteiger partial charge in [0.1, 0.15) is 12.0 Å². The third-order valence-corrected chi connectivity index (χ3v) is 5.78. The number of fused-ring (bicyclic) bond motifs is 1. The van der Waals surface area contributed by atoms with Crippen LogP contribution in [0.5, 0.6) is 5.75 Å². The van der Waals surface area contributed by atoms with Crippen LogP contribution in [-0.4, -0.2) is 27.8 Å². The highest BCUT2D eigenvalue weighted by molar-refractivity contribution is 6.03. The minimum absolute atomic E-state index is 0.0137. The minimum atomic E-state index is -0.415. The molecule has 2 heterocycles. The second kappa shape index (κ2) is 7.66. The number of benzene rings is 1. The van der Waals surface area contributed by atoms with Gasteiger partial charge in [-0.05, 0) is 43.6 Å². The normalized spacial score (nSPS) is 19.9. The fourth-order valence-electron chi connectivity index (χ4n) is 4.07. The number of hydrogen-bond acceptors (Lipinski definition) is 5. The lowest BCUT2D eigenvalue weighted by Gasteiger charge is -2.30. The van der Waals surface area contributed by atoms with E-state index in [9.17, 15) is 4.79 Å². The van der Waals surface area contributed by atoms with Crippen LogP contribution in [0.25, 0.3) is 10.9 Å². The fourth-order valence-corrected chi connectivity index (χ4v) is 4.07. The van der Waals surface area contributed by atoms with Crippen molar-refractivity contribution in [2.75, 3.05) is 12.4 Å². The third kappa shape index (κ3) is 3.61. The first-order chi connectivity index (χ1) is 13.5. The van der Waals surface area contributed by atoms with E-state index in [2.05, 4.69) is 35.0 Å². The molecule has 1 N–H and O–H groups in total. The van der Waals surface area contributed by atoms with E-state index in [1.807, 2.05) is 12.1 Å². The zero-order valence-electron chi connectivity index (χ0n) is 16.5. The molecule has 7 heteroatoms. The number of nitrogens with zero attached hydrogens (tertiary/aromatic N) is 3. The van der Waals surface area contributed by atoms with Crippen LogP contribution in [0, 0.1) is 11.8 Å². The summed E-state index contributed by atoms with van der Waals surface area (Å²) in [5.41, 5.74) is 1.43. The first-order valence-electron chi connectivity index (χ1n) is 9.83. The van der Waals surface area contributed by atoms with Crippen molar-refractivity contribution in [3.63, 3.8) is 0 Å². The van der Waals surface area contributed by atoms with Crippen LogP contribution in [0.2, 0.25) is 0 Å². The predicted octanol–water partition coefficient (Wildman–Crippen LogP) is 4.67. The molecule has 148 valence electrons. The van der Waals surface area contributed by atoms with Crippen molar-refractivity contribution in [2.24, 2.45) is 11.8 Å². The Morgan fingerprint density at radius 1 is 1.29 bits per heavy atom. The number of aromatic nitrogens is 3. The van der Waals surface area contributed by atoms with Crippen LogP contribution < -0.4 is 10.1 Å². The van der Waals surface area contributed by atoms with Crippen molar-refractivity contribution in [3.05, 3.63) is 36.7 Å². The number of nitrogens with one attached hydrogen (secondary N) is 1. The molecule has 1 aliphatic rings. The lowest BCUT2D eigenvalue weighted by molar-refractivity contribution is 0.0990. The van der Waals surface area contributed by atoms with E-state index in [0.29, 0.717) is 17.5 Å². The smallest absolute Gasteiger partial charge is 0.311 e. The summed E-state index contributed by atoms with van der Waals surface area (Å²) in [6.45, 7) is 4.63. The van der Waals surface area contributed by atoms with Crippen molar-refractivity contribution < 1.29 is 13.9 Å². The number of oxazole rings is 1. The molecular formula is C21H26N4O3. The van der Waals surface area contributed by atoms with Gasteiger partial charge in [-0.1, -0.05) is 13.8 Å². The van der Waals surface area contributed by atoms with Gasteiger partial charge in [0.05, 0.1) is 30.6 Å². The van der Waals surface area contributed by atoms with E-state index >= 15 is 0 Å². The van der Waals surface area contributed by atoms with Gasteiger partial charge in [-0.15, -0.1) is 0 Å². The molecule has 1 aliphatic carbocycles. The summed E-state index contributed by atoms with van der Waals surface area (Å²) in [6.07, 6.45) is 9.68. The first kappa shape index (κ1) is 18.5. The van der Waals surface area contributed by atoms with Gasteiger partial charge in [0.2, 0.25) is 0 Å². The Balaban J connectivity index is 1.57. The maximum atomic E-state index is 12.3. The Labute approximate surface area is 164 Å². The lowest BCUT2D eigenvalue weighted by Crippen LogP contribution is -2.21. The van der Waals surface area contributed by atoms with Crippen molar-refractivity contribution in [1.29, 1.82) is 0 Å². The van der Waals surface area contributed by atoms with Crippen LogP contribution in [-0.2, 0) is 0 Å². The zero-order valence-corrected chi connectivity index (χ0v) is 16.5. The number of rotatable bonds is 5. The number of hydrogen-bond donors (Lipinski definition) is 1. The molecule has 0 unspecified atom stereocenters. The van der Waals surface area contributed by atoms with E-state index in [0.717, 1.165) is 35.6 Å². The molecule has 4 rings (SSSR count). The Morgan fingerprint density at radius 2 is 2.07 bits per heavy atom. The van der Waals surface area contributed by atoms with E-state index in [1.165, 1.54) is 25.3 Å². The summed E-state index contributed by atoms with van der Waals surface area (Å²) in [4.78, 5) is 16.2. The largest absolute Gasteiger partial charge is 0.494 e. The highest BCUT2D eigenvalue weighted by Gasteiger charge is 2.25. The van der Waals surface area contributed by atoms with E-state index in [1.54, 1.807) is 7.11 Å². The first-order valence-corrected chi connectivity index (χ1v) is 9.83. The average Bonchev–Trinajstić information content (AvgIpc) is 3.37.